The van der Waals surface area contributed by atoms with Crippen LogP contribution in [0.15, 0.2) is 47.4 Å². The number of rotatable bonds is 3. The van der Waals surface area contributed by atoms with Crippen molar-refractivity contribution in [2.24, 2.45) is 0 Å². The Hall–Kier alpha value is -1.00. The lowest BCUT2D eigenvalue weighted by molar-refractivity contribution is -0.137. The Morgan fingerprint density at radius 1 is 1.05 bits per heavy atom. The largest absolute Gasteiger partial charge is 0.416 e. The van der Waals surface area contributed by atoms with Crippen LogP contribution >= 0.6 is 34.2 Å². The van der Waals surface area contributed by atoms with Gasteiger partial charge in [0.25, 0.3) is 0 Å². The van der Waals surface area contributed by atoms with Gasteiger partial charge in [-0.1, -0.05) is 11.6 Å². The van der Waals surface area contributed by atoms with Crippen molar-refractivity contribution in [1.82, 2.24) is 0 Å². The zero-order valence-corrected chi connectivity index (χ0v) is 14.3. The normalized spacial score (nSPS) is 12.2. The van der Waals surface area contributed by atoms with Gasteiger partial charge in [0.1, 0.15) is 4.90 Å². The van der Waals surface area contributed by atoms with Crippen molar-refractivity contribution < 1.29 is 25.8 Å². The molecule has 0 heterocycles. The quantitative estimate of drug-likeness (QED) is 0.489. The minimum atomic E-state index is -4.51. The van der Waals surface area contributed by atoms with Crippen LogP contribution in [0.4, 0.5) is 13.2 Å². The summed E-state index contributed by atoms with van der Waals surface area (Å²) in [7, 11) is -4.15. The molecule has 0 aromatic heterocycles. The molecule has 3 nitrogen and oxygen atoms in total. The Morgan fingerprint density at radius 2 is 1.64 bits per heavy atom. The van der Waals surface area contributed by atoms with E-state index in [0.29, 0.717) is 5.02 Å². The zero-order chi connectivity index (χ0) is 16.5. The summed E-state index contributed by atoms with van der Waals surface area (Å²) in [5.74, 6) is -0.177. The van der Waals surface area contributed by atoms with Crippen LogP contribution in [-0.2, 0) is 16.3 Å². The highest BCUT2D eigenvalue weighted by Crippen LogP contribution is 2.34. The molecule has 0 aliphatic heterocycles. The van der Waals surface area contributed by atoms with E-state index in [-0.39, 0.29) is 14.2 Å². The summed E-state index contributed by atoms with van der Waals surface area (Å²) in [6.45, 7) is 0. The first-order chi connectivity index (χ1) is 10.1. The molecule has 0 saturated carbocycles. The van der Waals surface area contributed by atoms with Gasteiger partial charge < -0.3 is 4.18 Å². The molecule has 2 rings (SSSR count). The van der Waals surface area contributed by atoms with Crippen molar-refractivity contribution in [3.8, 4) is 5.75 Å². The third-order valence-corrected chi connectivity index (χ3v) is 4.90. The van der Waals surface area contributed by atoms with Crippen LogP contribution in [0.25, 0.3) is 0 Å². The lowest BCUT2D eigenvalue weighted by Gasteiger charge is -2.11. The fraction of sp³-hybridized carbons (Fsp3) is 0.0769. The molecule has 9 heteroatoms. The summed E-state index contributed by atoms with van der Waals surface area (Å²) in [6.07, 6.45) is -4.51. The SMILES string of the molecule is O=S(=O)(Oc1ccc(C(F)(F)F)cc1I)c1ccc(Cl)cc1. The second kappa shape index (κ2) is 6.25. The van der Waals surface area contributed by atoms with Crippen molar-refractivity contribution in [2.75, 3.05) is 0 Å². The fourth-order valence-electron chi connectivity index (χ4n) is 1.51. The minimum absolute atomic E-state index is 0.0324. The lowest BCUT2D eigenvalue weighted by atomic mass is 10.2. The number of hydrogen-bond acceptors (Lipinski definition) is 3. The maximum atomic E-state index is 12.6. The zero-order valence-electron chi connectivity index (χ0n) is 10.6. The van der Waals surface area contributed by atoms with Crippen LogP contribution in [0, 0.1) is 3.57 Å². The highest BCUT2D eigenvalue weighted by molar-refractivity contribution is 14.1. The lowest BCUT2D eigenvalue weighted by Crippen LogP contribution is -2.11. The Balaban J connectivity index is 2.32. The molecule has 0 fully saturated rings. The van der Waals surface area contributed by atoms with Gasteiger partial charge in [0.05, 0.1) is 9.13 Å². The summed E-state index contributed by atoms with van der Waals surface area (Å²) in [6, 6.07) is 7.77. The maximum Gasteiger partial charge on any atom is 0.416 e. The first-order valence-electron chi connectivity index (χ1n) is 5.66. The standard InChI is InChI=1S/C13H7ClF3IO3S/c14-9-2-4-10(5-3-9)22(19,20)21-12-6-1-8(7-11(12)18)13(15,16)17/h1-7H. The predicted molar refractivity (Wildman–Crippen MR) is 83.4 cm³/mol. The van der Waals surface area contributed by atoms with Crippen molar-refractivity contribution in [3.63, 3.8) is 0 Å². The van der Waals surface area contributed by atoms with Crippen LogP contribution in [0.3, 0.4) is 0 Å². The number of halogens is 5. The summed E-state index contributed by atoms with van der Waals surface area (Å²) in [5, 5.41) is 0.350. The van der Waals surface area contributed by atoms with Gasteiger partial charge in [-0.3, -0.25) is 0 Å². The van der Waals surface area contributed by atoms with Crippen LogP contribution in [0.1, 0.15) is 5.56 Å². The minimum Gasteiger partial charge on any atom is -0.378 e. The van der Waals surface area contributed by atoms with Crippen molar-refractivity contribution in [1.29, 1.82) is 0 Å². The van der Waals surface area contributed by atoms with Crippen molar-refractivity contribution in [3.05, 3.63) is 56.6 Å². The maximum absolute atomic E-state index is 12.6. The van der Waals surface area contributed by atoms with E-state index in [2.05, 4.69) is 0 Å². The van der Waals surface area contributed by atoms with Gasteiger partial charge >= 0.3 is 16.3 Å². The van der Waals surface area contributed by atoms with Crippen LogP contribution in [-0.4, -0.2) is 8.42 Å². The highest BCUT2D eigenvalue weighted by atomic mass is 127. The average molecular weight is 463 g/mol. The van der Waals surface area contributed by atoms with Crippen LogP contribution < -0.4 is 4.18 Å². The Morgan fingerprint density at radius 3 is 2.14 bits per heavy atom. The molecule has 22 heavy (non-hydrogen) atoms. The van der Waals surface area contributed by atoms with E-state index in [1.165, 1.54) is 24.3 Å². The molecule has 2 aromatic rings. The van der Waals surface area contributed by atoms with Crippen molar-refractivity contribution in [2.45, 2.75) is 11.1 Å². The van der Waals surface area contributed by atoms with Crippen LogP contribution in [0.2, 0.25) is 5.02 Å². The number of hydrogen-bond donors (Lipinski definition) is 0. The molecule has 0 radical (unpaired) electrons. The van der Waals surface area contributed by atoms with E-state index in [1.54, 1.807) is 22.6 Å². The van der Waals surface area contributed by atoms with Gasteiger partial charge in [-0.25, -0.2) is 0 Å². The summed E-state index contributed by atoms with van der Waals surface area (Å²) in [5.41, 5.74) is -0.881. The molecule has 2 aromatic carbocycles. The summed E-state index contributed by atoms with van der Waals surface area (Å²) in [4.78, 5) is -0.146. The third-order valence-electron chi connectivity index (χ3n) is 2.56. The molecule has 0 atom stereocenters. The Bertz CT molecular complexity index is 789. The van der Waals surface area contributed by atoms with E-state index in [0.717, 1.165) is 18.2 Å². The van der Waals surface area contributed by atoms with E-state index >= 15 is 0 Å². The second-order valence-electron chi connectivity index (χ2n) is 4.13. The molecule has 0 unspecified atom stereocenters. The van der Waals surface area contributed by atoms with Gasteiger partial charge in [0.15, 0.2) is 5.75 Å². The van der Waals surface area contributed by atoms with E-state index in [4.69, 9.17) is 15.8 Å². The van der Waals surface area contributed by atoms with Gasteiger partial charge in [0, 0.05) is 5.02 Å². The molecule has 0 amide bonds. The molecule has 118 valence electrons. The highest BCUT2D eigenvalue weighted by Gasteiger charge is 2.31. The van der Waals surface area contributed by atoms with Crippen molar-refractivity contribution >= 4 is 44.3 Å². The monoisotopic (exact) mass is 462 g/mol. The molecule has 0 N–H and O–H groups in total. The Labute approximate surface area is 143 Å². The average Bonchev–Trinajstić information content (AvgIpc) is 2.40. The van der Waals surface area contributed by atoms with Gasteiger partial charge in [-0.2, -0.15) is 21.6 Å². The smallest absolute Gasteiger partial charge is 0.378 e. The number of benzene rings is 2. The van der Waals surface area contributed by atoms with Crippen LogP contribution in [0.5, 0.6) is 5.75 Å². The van der Waals surface area contributed by atoms with E-state index in [9.17, 15) is 21.6 Å². The number of alkyl halides is 3. The fourth-order valence-corrected chi connectivity index (χ4v) is 3.36. The molecule has 0 spiro atoms. The predicted octanol–water partition coefficient (Wildman–Crippen LogP) is 4.73. The molecule has 0 aliphatic carbocycles. The molecular weight excluding hydrogens is 456 g/mol. The van der Waals surface area contributed by atoms with Gasteiger partial charge in [-0.15, -0.1) is 0 Å². The first kappa shape index (κ1) is 17.4. The second-order valence-corrected chi connectivity index (χ2v) is 7.28. The topological polar surface area (TPSA) is 43.4 Å². The molecule has 0 bridgehead atoms. The molecular formula is C13H7ClF3IO3S. The van der Waals surface area contributed by atoms with Gasteiger partial charge in [0.2, 0.25) is 0 Å². The van der Waals surface area contributed by atoms with E-state index < -0.39 is 21.9 Å². The summed E-state index contributed by atoms with van der Waals surface area (Å²) >= 11 is 7.24. The van der Waals surface area contributed by atoms with Gasteiger partial charge in [-0.05, 0) is 65.1 Å². The van der Waals surface area contributed by atoms with E-state index in [1.807, 2.05) is 0 Å². The first-order valence-corrected chi connectivity index (χ1v) is 8.53. The third kappa shape index (κ3) is 4.05. The summed E-state index contributed by atoms with van der Waals surface area (Å²) < 4.78 is 66.7. The molecule has 0 aliphatic rings. The Kier molecular flexibility index (Phi) is 4.93. The molecule has 0 saturated heterocycles.